The summed E-state index contributed by atoms with van der Waals surface area (Å²) in [6.07, 6.45) is 10.2. The van der Waals surface area contributed by atoms with Crippen molar-refractivity contribution in [2.75, 3.05) is 11.9 Å². The summed E-state index contributed by atoms with van der Waals surface area (Å²) in [5.74, 6) is 1.47. The predicted molar refractivity (Wildman–Crippen MR) is 83.0 cm³/mol. The van der Waals surface area contributed by atoms with Crippen LogP contribution in [0.2, 0.25) is 0 Å². The maximum absolute atomic E-state index is 9.09. The summed E-state index contributed by atoms with van der Waals surface area (Å²) in [6, 6.07) is 2.15. The average molecular weight is 281 g/mol. The summed E-state index contributed by atoms with van der Waals surface area (Å²) in [5.41, 5.74) is 3.62. The van der Waals surface area contributed by atoms with Crippen molar-refractivity contribution in [1.29, 1.82) is 5.26 Å². The van der Waals surface area contributed by atoms with Gasteiger partial charge in [0.25, 0.3) is 0 Å². The SMILES string of the molecule is Cc1nc(NCCC2=CCCCC2)c2[nH]cc(C#N)c2n1. The molecule has 0 atom stereocenters. The van der Waals surface area contributed by atoms with Crippen LogP contribution >= 0.6 is 0 Å². The fourth-order valence-electron chi connectivity index (χ4n) is 2.80. The number of fused-ring (bicyclic) bond motifs is 1. The number of aromatic nitrogens is 3. The topological polar surface area (TPSA) is 77.4 Å². The smallest absolute Gasteiger partial charge is 0.154 e. The molecular formula is C16H19N5. The van der Waals surface area contributed by atoms with Gasteiger partial charge in [-0.1, -0.05) is 11.6 Å². The number of rotatable bonds is 4. The molecule has 0 fully saturated rings. The Morgan fingerprint density at radius 1 is 1.38 bits per heavy atom. The molecule has 3 rings (SSSR count). The minimum absolute atomic E-state index is 0.563. The Hall–Kier alpha value is -2.35. The van der Waals surface area contributed by atoms with Gasteiger partial charge in [-0.25, -0.2) is 9.97 Å². The minimum Gasteiger partial charge on any atom is -0.368 e. The molecule has 2 aromatic heterocycles. The first-order valence-electron chi connectivity index (χ1n) is 7.45. The molecule has 0 radical (unpaired) electrons. The van der Waals surface area contributed by atoms with Crippen molar-refractivity contribution >= 4 is 16.9 Å². The quantitative estimate of drug-likeness (QED) is 0.841. The molecule has 1 aliphatic carbocycles. The Kier molecular flexibility index (Phi) is 3.87. The molecule has 0 amide bonds. The maximum atomic E-state index is 9.09. The highest BCUT2D eigenvalue weighted by Gasteiger charge is 2.11. The van der Waals surface area contributed by atoms with E-state index in [4.69, 9.17) is 5.26 Å². The summed E-state index contributed by atoms with van der Waals surface area (Å²) < 4.78 is 0. The Balaban J connectivity index is 1.76. The van der Waals surface area contributed by atoms with Crippen molar-refractivity contribution in [1.82, 2.24) is 15.0 Å². The molecule has 5 nitrogen and oxygen atoms in total. The van der Waals surface area contributed by atoms with E-state index in [2.05, 4.69) is 32.4 Å². The van der Waals surface area contributed by atoms with Crippen LogP contribution in [0.3, 0.4) is 0 Å². The molecule has 2 N–H and O–H groups in total. The highest BCUT2D eigenvalue weighted by molar-refractivity contribution is 5.90. The number of nitrogens with zero attached hydrogens (tertiary/aromatic N) is 3. The van der Waals surface area contributed by atoms with Gasteiger partial charge in [0.15, 0.2) is 5.82 Å². The van der Waals surface area contributed by atoms with Gasteiger partial charge in [0, 0.05) is 12.7 Å². The number of aryl methyl sites for hydroxylation is 1. The number of aromatic amines is 1. The standard InChI is InChI=1S/C16H19N5/c1-11-20-14-13(9-17)10-19-15(14)16(21-11)18-8-7-12-5-3-2-4-6-12/h5,10,19H,2-4,6-8H2,1H3,(H,18,20,21). The van der Waals surface area contributed by atoms with Gasteiger partial charge in [-0.15, -0.1) is 0 Å². The molecule has 0 aromatic carbocycles. The lowest BCUT2D eigenvalue weighted by molar-refractivity contribution is 0.679. The van der Waals surface area contributed by atoms with Crippen LogP contribution in [0.4, 0.5) is 5.82 Å². The van der Waals surface area contributed by atoms with Crippen LogP contribution in [0.15, 0.2) is 17.8 Å². The van der Waals surface area contributed by atoms with Crippen molar-refractivity contribution in [3.63, 3.8) is 0 Å². The van der Waals surface area contributed by atoms with E-state index in [0.29, 0.717) is 16.9 Å². The molecule has 0 saturated heterocycles. The van der Waals surface area contributed by atoms with Crippen LogP contribution in [0.1, 0.15) is 43.5 Å². The van der Waals surface area contributed by atoms with Crippen LogP contribution in [-0.4, -0.2) is 21.5 Å². The normalized spacial score (nSPS) is 14.8. The van der Waals surface area contributed by atoms with Gasteiger partial charge in [-0.05, 0) is 39.0 Å². The summed E-state index contributed by atoms with van der Waals surface area (Å²) >= 11 is 0. The molecule has 5 heteroatoms. The molecule has 0 bridgehead atoms. The number of nitrogens with one attached hydrogen (secondary N) is 2. The molecule has 0 unspecified atom stereocenters. The number of nitriles is 1. The molecule has 2 aromatic rings. The van der Waals surface area contributed by atoms with E-state index in [1.54, 1.807) is 11.8 Å². The van der Waals surface area contributed by atoms with E-state index in [9.17, 15) is 0 Å². The van der Waals surface area contributed by atoms with Crippen LogP contribution in [0, 0.1) is 18.3 Å². The van der Waals surface area contributed by atoms with Gasteiger partial charge in [0.2, 0.25) is 0 Å². The molecule has 2 heterocycles. The van der Waals surface area contributed by atoms with Crippen molar-refractivity contribution in [2.24, 2.45) is 0 Å². The van der Waals surface area contributed by atoms with Gasteiger partial charge < -0.3 is 10.3 Å². The first-order valence-corrected chi connectivity index (χ1v) is 7.45. The number of H-pyrrole nitrogens is 1. The Morgan fingerprint density at radius 2 is 2.29 bits per heavy atom. The summed E-state index contributed by atoms with van der Waals surface area (Å²) in [6.45, 7) is 2.71. The zero-order valence-electron chi connectivity index (χ0n) is 12.2. The van der Waals surface area contributed by atoms with Crippen molar-refractivity contribution in [2.45, 2.75) is 39.0 Å². The average Bonchev–Trinajstić information content (AvgIpc) is 2.91. The number of allylic oxidation sites excluding steroid dienone is 1. The number of anilines is 1. The van der Waals surface area contributed by atoms with E-state index < -0.39 is 0 Å². The van der Waals surface area contributed by atoms with Crippen LogP contribution in [-0.2, 0) is 0 Å². The Labute approximate surface area is 124 Å². The van der Waals surface area contributed by atoms with Crippen molar-refractivity contribution < 1.29 is 0 Å². The molecule has 0 aliphatic heterocycles. The van der Waals surface area contributed by atoms with Gasteiger partial charge >= 0.3 is 0 Å². The second kappa shape index (κ2) is 5.96. The van der Waals surface area contributed by atoms with Crippen molar-refractivity contribution in [3.8, 4) is 6.07 Å². The van der Waals surface area contributed by atoms with Crippen LogP contribution in [0.5, 0.6) is 0 Å². The van der Waals surface area contributed by atoms with Gasteiger partial charge in [-0.3, -0.25) is 0 Å². The maximum Gasteiger partial charge on any atom is 0.154 e. The first-order chi connectivity index (χ1) is 10.3. The zero-order valence-corrected chi connectivity index (χ0v) is 12.2. The molecule has 108 valence electrons. The fourth-order valence-corrected chi connectivity index (χ4v) is 2.80. The molecule has 21 heavy (non-hydrogen) atoms. The summed E-state index contributed by atoms with van der Waals surface area (Å²) in [5, 5.41) is 12.5. The minimum atomic E-state index is 0.563. The third kappa shape index (κ3) is 2.89. The highest BCUT2D eigenvalue weighted by Crippen LogP contribution is 2.23. The van der Waals surface area contributed by atoms with E-state index in [-0.39, 0.29) is 0 Å². The third-order valence-electron chi connectivity index (χ3n) is 3.88. The zero-order chi connectivity index (χ0) is 14.7. The van der Waals surface area contributed by atoms with Gasteiger partial charge in [0.05, 0.1) is 5.56 Å². The van der Waals surface area contributed by atoms with E-state index in [0.717, 1.165) is 24.3 Å². The van der Waals surface area contributed by atoms with E-state index in [1.165, 1.54) is 25.7 Å². The second-order valence-corrected chi connectivity index (χ2v) is 5.44. The molecule has 0 spiro atoms. The second-order valence-electron chi connectivity index (χ2n) is 5.44. The number of hydrogen-bond donors (Lipinski definition) is 2. The largest absolute Gasteiger partial charge is 0.368 e. The van der Waals surface area contributed by atoms with Crippen LogP contribution in [0.25, 0.3) is 11.0 Å². The van der Waals surface area contributed by atoms with Gasteiger partial charge in [-0.2, -0.15) is 5.26 Å². The van der Waals surface area contributed by atoms with E-state index in [1.807, 2.05) is 6.92 Å². The first kappa shape index (κ1) is 13.6. The Bertz CT molecular complexity index is 720. The molecule has 0 saturated carbocycles. The number of hydrogen-bond acceptors (Lipinski definition) is 4. The van der Waals surface area contributed by atoms with Crippen molar-refractivity contribution in [3.05, 3.63) is 29.2 Å². The lowest BCUT2D eigenvalue weighted by Crippen LogP contribution is -2.07. The lowest BCUT2D eigenvalue weighted by atomic mass is 9.97. The van der Waals surface area contributed by atoms with E-state index >= 15 is 0 Å². The predicted octanol–water partition coefficient (Wildman–Crippen LogP) is 3.44. The third-order valence-corrected chi connectivity index (χ3v) is 3.88. The lowest BCUT2D eigenvalue weighted by Gasteiger charge is -2.13. The fraction of sp³-hybridized carbons (Fsp3) is 0.438. The van der Waals surface area contributed by atoms with Crippen LogP contribution < -0.4 is 5.32 Å². The monoisotopic (exact) mass is 281 g/mol. The summed E-state index contributed by atoms with van der Waals surface area (Å²) in [7, 11) is 0. The Morgan fingerprint density at radius 3 is 3.05 bits per heavy atom. The summed E-state index contributed by atoms with van der Waals surface area (Å²) in [4.78, 5) is 11.9. The van der Waals surface area contributed by atoms with Gasteiger partial charge in [0.1, 0.15) is 22.9 Å². The highest BCUT2D eigenvalue weighted by atomic mass is 15.0. The molecular weight excluding hydrogens is 262 g/mol. The molecule has 1 aliphatic rings.